The molecule has 41 heavy (non-hydrogen) atoms. The van der Waals surface area contributed by atoms with E-state index >= 15 is 0 Å². The molecule has 0 spiro atoms. The number of piperidine rings is 2. The molecule has 10 heteroatoms. The number of imidazole rings is 1. The van der Waals surface area contributed by atoms with Crippen molar-refractivity contribution in [3.63, 3.8) is 0 Å². The van der Waals surface area contributed by atoms with Crippen molar-refractivity contribution in [2.24, 2.45) is 5.92 Å². The van der Waals surface area contributed by atoms with Crippen LogP contribution in [0.5, 0.6) is 0 Å². The van der Waals surface area contributed by atoms with E-state index in [0.29, 0.717) is 44.1 Å². The molecule has 0 aliphatic carbocycles. The number of ether oxygens (including phenoxy) is 3. The second-order valence-corrected chi connectivity index (χ2v) is 13.0. The van der Waals surface area contributed by atoms with Gasteiger partial charge in [0.25, 0.3) is 0 Å². The van der Waals surface area contributed by atoms with Crippen LogP contribution in [0.2, 0.25) is 0 Å². The number of hydrogen-bond acceptors (Lipinski definition) is 9. The lowest BCUT2D eigenvalue weighted by Gasteiger charge is -2.32. The molecule has 0 unspecified atom stereocenters. The number of anilines is 1. The summed E-state index contributed by atoms with van der Waals surface area (Å²) in [5.41, 5.74) is 9.75. The lowest BCUT2D eigenvalue weighted by atomic mass is 9.95. The van der Waals surface area contributed by atoms with Crippen LogP contribution in [0, 0.1) is 5.92 Å². The molecule has 0 atom stereocenters. The van der Waals surface area contributed by atoms with Crippen molar-refractivity contribution in [1.29, 1.82) is 0 Å². The summed E-state index contributed by atoms with van der Waals surface area (Å²) in [5, 5.41) is 0. The van der Waals surface area contributed by atoms with Crippen molar-refractivity contribution in [2.45, 2.75) is 64.3 Å². The lowest BCUT2D eigenvalue weighted by Crippen LogP contribution is -2.37. The van der Waals surface area contributed by atoms with Crippen LogP contribution < -0.4 is 5.73 Å². The molecule has 3 aromatic rings. The summed E-state index contributed by atoms with van der Waals surface area (Å²) in [6, 6.07) is 2.32. The van der Waals surface area contributed by atoms with Gasteiger partial charge in [0.05, 0.1) is 48.8 Å². The summed E-state index contributed by atoms with van der Waals surface area (Å²) in [5.74, 6) is 3.02. The topological polar surface area (TPSA) is 90.9 Å². The zero-order valence-electron chi connectivity index (χ0n) is 25.4. The molecule has 9 nitrogen and oxygen atoms in total. The normalized spacial score (nSPS) is 18.3. The van der Waals surface area contributed by atoms with E-state index in [9.17, 15) is 0 Å². The molecule has 2 N–H and O–H groups in total. The zero-order chi connectivity index (χ0) is 28.6. The van der Waals surface area contributed by atoms with Gasteiger partial charge in [0.2, 0.25) is 0 Å². The highest BCUT2D eigenvalue weighted by molar-refractivity contribution is 7.20. The Morgan fingerprint density at radius 3 is 2.44 bits per heavy atom. The quantitative estimate of drug-likeness (QED) is 0.255. The minimum atomic E-state index is 0.579. The van der Waals surface area contributed by atoms with Crippen LogP contribution >= 0.6 is 11.3 Å². The van der Waals surface area contributed by atoms with Gasteiger partial charge in [-0.25, -0.2) is 9.97 Å². The fourth-order valence-corrected chi connectivity index (χ4v) is 7.59. The number of methoxy groups -OCH3 is 1. The number of nitrogens with zero attached hydrogens (tertiary/aromatic N) is 5. The molecule has 3 aromatic heterocycles. The van der Waals surface area contributed by atoms with E-state index in [1.54, 1.807) is 7.11 Å². The number of aryl methyl sites for hydroxylation is 1. The average Bonchev–Trinajstić information content (AvgIpc) is 3.56. The average molecular weight is 587 g/mol. The molecule has 5 heterocycles. The first kappa shape index (κ1) is 30.6. The van der Waals surface area contributed by atoms with Gasteiger partial charge in [-0.1, -0.05) is 13.3 Å². The molecule has 0 saturated carbocycles. The van der Waals surface area contributed by atoms with E-state index < -0.39 is 0 Å². The van der Waals surface area contributed by atoms with Crippen LogP contribution in [-0.4, -0.2) is 104 Å². The number of unbranched alkanes of at least 4 members (excludes halogenated alkanes) is 1. The molecular weight excluding hydrogens is 536 g/mol. The molecule has 2 saturated heterocycles. The predicted octanol–water partition coefficient (Wildman–Crippen LogP) is 4.77. The molecule has 5 rings (SSSR count). The van der Waals surface area contributed by atoms with E-state index in [1.807, 2.05) is 11.3 Å². The minimum absolute atomic E-state index is 0.579. The molecule has 0 amide bonds. The summed E-state index contributed by atoms with van der Waals surface area (Å²) in [4.78, 5) is 16.4. The molecular formula is C31H50N6O3S. The number of rotatable bonds is 15. The van der Waals surface area contributed by atoms with Gasteiger partial charge in [-0.05, 0) is 83.2 Å². The second-order valence-electron chi connectivity index (χ2n) is 11.9. The molecule has 2 aliphatic rings. The van der Waals surface area contributed by atoms with Crippen LogP contribution in [0.15, 0.2) is 6.07 Å². The number of hydrogen-bond donors (Lipinski definition) is 1. The van der Waals surface area contributed by atoms with Crippen LogP contribution in [0.3, 0.4) is 0 Å². The van der Waals surface area contributed by atoms with Gasteiger partial charge in [0.1, 0.15) is 11.3 Å². The smallest absolute Gasteiger partial charge is 0.152 e. The standard InChI is InChI=1S/C31H50N6O3S/c1-4-5-6-27-34-28-29(30-25(33-31(28)32)21-26(41-30)24-9-11-35(2)12-10-24)37(27)22-23-7-13-36(14-8-23)15-16-39-19-20-40-18-17-38-3/h21,23-24H,4-20,22H2,1-3H3,(H2,32,33). The van der Waals surface area contributed by atoms with Crippen molar-refractivity contribution in [1.82, 2.24) is 24.3 Å². The number of thiophene rings is 1. The Kier molecular flexibility index (Phi) is 11.3. The SMILES string of the molecule is CCCCc1nc2c(N)nc3cc(C4CCN(C)CC4)sc3c2n1CC1CCN(CCOCCOCCOC)CC1. The Morgan fingerprint density at radius 2 is 1.71 bits per heavy atom. The maximum absolute atomic E-state index is 6.57. The third kappa shape index (κ3) is 7.77. The van der Waals surface area contributed by atoms with E-state index in [4.69, 9.17) is 29.9 Å². The lowest BCUT2D eigenvalue weighted by molar-refractivity contribution is 0.0171. The number of likely N-dealkylation sites (tertiary alicyclic amines) is 2. The number of nitrogens with two attached hydrogens (primary N) is 1. The summed E-state index contributed by atoms with van der Waals surface area (Å²) in [7, 11) is 3.91. The highest BCUT2D eigenvalue weighted by atomic mass is 32.1. The van der Waals surface area contributed by atoms with Crippen molar-refractivity contribution in [3.8, 4) is 0 Å². The van der Waals surface area contributed by atoms with Crippen LogP contribution in [0.1, 0.15) is 62.1 Å². The fourth-order valence-electron chi connectivity index (χ4n) is 6.27. The van der Waals surface area contributed by atoms with E-state index in [2.05, 4.69) is 34.4 Å². The Balaban J connectivity index is 1.26. The summed E-state index contributed by atoms with van der Waals surface area (Å²) in [6.07, 6.45) is 8.12. The van der Waals surface area contributed by atoms with Gasteiger partial charge in [-0.15, -0.1) is 11.3 Å². The van der Waals surface area contributed by atoms with E-state index in [-0.39, 0.29) is 0 Å². The summed E-state index contributed by atoms with van der Waals surface area (Å²) in [6.45, 7) is 12.1. The van der Waals surface area contributed by atoms with E-state index in [1.165, 1.54) is 46.6 Å². The first-order valence-electron chi connectivity index (χ1n) is 15.7. The monoisotopic (exact) mass is 586 g/mol. The Labute approximate surface area is 249 Å². The second kappa shape index (κ2) is 15.1. The van der Waals surface area contributed by atoms with Crippen molar-refractivity contribution < 1.29 is 14.2 Å². The van der Waals surface area contributed by atoms with Gasteiger partial charge >= 0.3 is 0 Å². The first-order valence-corrected chi connectivity index (χ1v) is 16.5. The van der Waals surface area contributed by atoms with Gasteiger partial charge in [0, 0.05) is 31.5 Å². The molecule has 0 aromatic carbocycles. The summed E-state index contributed by atoms with van der Waals surface area (Å²) >= 11 is 1.94. The fraction of sp³-hybridized carbons (Fsp3) is 0.742. The largest absolute Gasteiger partial charge is 0.382 e. The van der Waals surface area contributed by atoms with Crippen molar-refractivity contribution in [3.05, 3.63) is 16.8 Å². The number of pyridine rings is 1. The first-order chi connectivity index (χ1) is 20.1. The molecule has 0 bridgehead atoms. The summed E-state index contributed by atoms with van der Waals surface area (Å²) < 4.78 is 20.1. The van der Waals surface area contributed by atoms with Crippen molar-refractivity contribution in [2.75, 3.05) is 85.6 Å². The Morgan fingerprint density at radius 1 is 0.976 bits per heavy atom. The Hall–Kier alpha value is -1.82. The maximum atomic E-state index is 6.57. The number of aromatic nitrogens is 3. The van der Waals surface area contributed by atoms with Crippen molar-refractivity contribution >= 4 is 38.4 Å². The third-order valence-corrected chi connectivity index (χ3v) is 10.1. The maximum Gasteiger partial charge on any atom is 0.152 e. The molecule has 228 valence electrons. The van der Waals surface area contributed by atoms with Crippen LogP contribution in [0.4, 0.5) is 5.82 Å². The van der Waals surface area contributed by atoms with Gasteiger partial charge in [-0.2, -0.15) is 0 Å². The highest BCUT2D eigenvalue weighted by Crippen LogP contribution is 2.40. The minimum Gasteiger partial charge on any atom is -0.382 e. The molecule has 2 fully saturated rings. The van der Waals surface area contributed by atoms with E-state index in [0.717, 1.165) is 76.2 Å². The number of fused-ring (bicyclic) bond motifs is 3. The molecule has 0 radical (unpaired) electrons. The Bertz CT molecular complexity index is 1230. The van der Waals surface area contributed by atoms with Gasteiger partial charge < -0.3 is 34.3 Å². The predicted molar refractivity (Wildman–Crippen MR) is 168 cm³/mol. The van der Waals surface area contributed by atoms with Gasteiger partial charge in [0.15, 0.2) is 5.82 Å². The highest BCUT2D eigenvalue weighted by Gasteiger charge is 2.26. The van der Waals surface area contributed by atoms with Gasteiger partial charge in [-0.3, -0.25) is 0 Å². The van der Waals surface area contributed by atoms with Crippen LogP contribution in [0.25, 0.3) is 21.3 Å². The third-order valence-electron chi connectivity index (χ3n) is 8.86. The van der Waals surface area contributed by atoms with Crippen LogP contribution in [-0.2, 0) is 27.2 Å². The molecule has 2 aliphatic heterocycles. The zero-order valence-corrected chi connectivity index (χ0v) is 26.2. The number of nitrogen functional groups attached to an aromatic ring is 1.